The molecule has 0 radical (unpaired) electrons. The van der Waals surface area contributed by atoms with E-state index in [0.29, 0.717) is 27.7 Å². The van der Waals surface area contributed by atoms with E-state index in [1.165, 1.54) is 25.7 Å². The smallest absolute Gasteiger partial charge is 0.273 e. The molecular weight excluding hydrogens is 608 g/mol. The summed E-state index contributed by atoms with van der Waals surface area (Å²) in [5.41, 5.74) is 6.43. The summed E-state index contributed by atoms with van der Waals surface area (Å²) in [6.45, 7) is 10.6. The van der Waals surface area contributed by atoms with E-state index in [0.717, 1.165) is 52.8 Å². The number of thiocarbonyl (C=S) groups is 1. The lowest BCUT2D eigenvalue weighted by molar-refractivity contribution is -0.384. The second kappa shape index (κ2) is 12.3. The number of rotatable bonds is 7. The van der Waals surface area contributed by atoms with Gasteiger partial charge in [0.2, 0.25) is 0 Å². The number of nitro groups is 1. The average Bonchev–Trinajstić information content (AvgIpc) is 3.50. The van der Waals surface area contributed by atoms with Crippen LogP contribution >= 0.6 is 23.8 Å². The molecule has 2 aromatic carbocycles. The molecule has 234 valence electrons. The summed E-state index contributed by atoms with van der Waals surface area (Å²) >= 11 is 13.0. The molecule has 4 heterocycles. The van der Waals surface area contributed by atoms with Gasteiger partial charge in [0.15, 0.2) is 5.11 Å². The number of nitrogens with zero attached hydrogens (tertiary/aromatic N) is 5. The summed E-state index contributed by atoms with van der Waals surface area (Å²) in [6, 6.07) is 18.4. The largest absolute Gasteiger partial charge is 0.494 e. The number of non-ortho nitro benzene ring substituents is 1. The van der Waals surface area contributed by atoms with Gasteiger partial charge in [0.25, 0.3) is 5.69 Å². The van der Waals surface area contributed by atoms with Crippen LogP contribution in [0.3, 0.4) is 0 Å². The Morgan fingerprint density at radius 3 is 2.42 bits per heavy atom. The Kier molecular flexibility index (Phi) is 8.45. The zero-order valence-electron chi connectivity index (χ0n) is 26.0. The third-order valence-electron chi connectivity index (χ3n) is 8.92. The quantitative estimate of drug-likeness (QED) is 0.124. The molecule has 0 unspecified atom stereocenters. The second-order valence-electron chi connectivity index (χ2n) is 12.3. The van der Waals surface area contributed by atoms with Crippen LogP contribution < -0.4 is 19.9 Å². The summed E-state index contributed by atoms with van der Waals surface area (Å²) in [5, 5.41) is 16.3. The van der Waals surface area contributed by atoms with E-state index in [9.17, 15) is 10.1 Å². The topological polar surface area (TPSA) is 88.7 Å². The summed E-state index contributed by atoms with van der Waals surface area (Å²) in [7, 11) is 1.52. The van der Waals surface area contributed by atoms with Gasteiger partial charge in [0.1, 0.15) is 5.75 Å². The number of nitrogens with one attached hydrogen (secondary N) is 1. The zero-order valence-corrected chi connectivity index (χ0v) is 27.6. The molecule has 9 nitrogen and oxygen atoms in total. The predicted octanol–water partition coefficient (Wildman–Crippen LogP) is 7.72. The van der Waals surface area contributed by atoms with Crippen molar-refractivity contribution in [3.05, 3.63) is 105 Å². The highest BCUT2D eigenvalue weighted by Gasteiger charge is 2.42. The number of piperidine rings is 1. The first-order valence-corrected chi connectivity index (χ1v) is 15.9. The predicted molar refractivity (Wildman–Crippen MR) is 183 cm³/mol. The fourth-order valence-electron chi connectivity index (χ4n) is 7.13. The average molecular weight is 645 g/mol. The van der Waals surface area contributed by atoms with Crippen molar-refractivity contribution in [2.75, 3.05) is 30.0 Å². The van der Waals surface area contributed by atoms with Gasteiger partial charge in [-0.05, 0) is 92.4 Å². The second-order valence-corrected chi connectivity index (χ2v) is 13.1. The van der Waals surface area contributed by atoms with Gasteiger partial charge in [-0.25, -0.2) is 0 Å². The van der Waals surface area contributed by atoms with E-state index in [2.05, 4.69) is 51.7 Å². The first-order chi connectivity index (χ1) is 21.6. The number of anilines is 2. The number of pyridine rings is 1. The molecule has 4 atom stereocenters. The van der Waals surface area contributed by atoms with Gasteiger partial charge >= 0.3 is 0 Å². The molecule has 0 aliphatic carbocycles. The Hall–Kier alpha value is -4.15. The molecule has 0 amide bonds. The number of aryl methyl sites for hydroxylation is 1. The van der Waals surface area contributed by atoms with Crippen LogP contribution in [-0.4, -0.2) is 39.8 Å². The number of ether oxygens (including phenoxy) is 1. The Morgan fingerprint density at radius 1 is 1.04 bits per heavy atom. The normalized spacial score (nSPS) is 21.6. The maximum absolute atomic E-state index is 11.5. The van der Waals surface area contributed by atoms with Gasteiger partial charge in [-0.3, -0.25) is 15.1 Å². The summed E-state index contributed by atoms with van der Waals surface area (Å²) in [5.74, 6) is 1.63. The standard InChI is InChI=1S/C34H37ClN6O3S/c1-20-14-21(2)19-38(18-20)29-11-9-24(16-27(29)35)40-33(32(37-34(40)45)28-8-6-7-13-36-28)26-15-22(3)39(23(26)4)30-12-10-25(41(42)43)17-31(30)44-5/h6-13,15-17,20-21,32-33H,14,18-19H2,1-5H3,(H,37,45)/t20-,21-,32-,33+/m0/s1. The minimum Gasteiger partial charge on any atom is -0.494 e. The molecule has 2 aliphatic heterocycles. The SMILES string of the molecule is COc1cc([N+](=O)[O-])ccc1-n1c(C)cc([C@@H]2[C@H](c3ccccn3)NC(=S)N2c2ccc(N3C[C@@H](C)C[C@H](C)C3)c(Cl)c2)c1C. The van der Waals surface area contributed by atoms with Crippen LogP contribution in [-0.2, 0) is 0 Å². The van der Waals surface area contributed by atoms with Gasteiger partial charge in [-0.1, -0.05) is 31.5 Å². The number of benzene rings is 2. The van der Waals surface area contributed by atoms with Crippen LogP contribution in [0.5, 0.6) is 5.75 Å². The van der Waals surface area contributed by atoms with Crippen LogP contribution in [0.2, 0.25) is 5.02 Å². The van der Waals surface area contributed by atoms with Crippen molar-refractivity contribution in [3.8, 4) is 11.4 Å². The number of hydrogen-bond donors (Lipinski definition) is 1. The molecule has 0 saturated carbocycles. The van der Waals surface area contributed by atoms with E-state index < -0.39 is 4.92 Å². The van der Waals surface area contributed by atoms with Crippen molar-refractivity contribution in [1.82, 2.24) is 14.9 Å². The highest BCUT2D eigenvalue weighted by atomic mass is 35.5. The van der Waals surface area contributed by atoms with Crippen LogP contribution in [0.4, 0.5) is 17.1 Å². The molecule has 4 aromatic rings. The molecule has 2 aliphatic rings. The minimum atomic E-state index is -0.420. The van der Waals surface area contributed by atoms with Gasteiger partial charge in [0.05, 0.1) is 52.3 Å². The van der Waals surface area contributed by atoms with Crippen molar-refractivity contribution in [2.24, 2.45) is 11.8 Å². The molecule has 45 heavy (non-hydrogen) atoms. The number of hydrogen-bond acceptors (Lipinski definition) is 6. The molecule has 2 saturated heterocycles. The number of nitro benzene ring substituents is 1. The molecule has 0 bridgehead atoms. The summed E-state index contributed by atoms with van der Waals surface area (Å²) in [4.78, 5) is 20.3. The van der Waals surface area contributed by atoms with Crippen molar-refractivity contribution >= 4 is 46.0 Å². The first-order valence-electron chi connectivity index (χ1n) is 15.1. The summed E-state index contributed by atoms with van der Waals surface area (Å²) < 4.78 is 7.69. The maximum atomic E-state index is 11.5. The maximum Gasteiger partial charge on any atom is 0.273 e. The highest BCUT2D eigenvalue weighted by Crippen LogP contribution is 2.46. The lowest BCUT2D eigenvalue weighted by atomic mass is 9.91. The number of aromatic nitrogens is 2. The van der Waals surface area contributed by atoms with Crippen molar-refractivity contribution in [1.29, 1.82) is 0 Å². The van der Waals surface area contributed by atoms with E-state index in [1.54, 1.807) is 12.3 Å². The fourth-order valence-corrected chi connectivity index (χ4v) is 7.77. The molecule has 1 N–H and O–H groups in total. The van der Waals surface area contributed by atoms with Crippen molar-refractivity contribution in [3.63, 3.8) is 0 Å². The van der Waals surface area contributed by atoms with E-state index in [-0.39, 0.29) is 17.8 Å². The molecule has 6 rings (SSSR count). The monoisotopic (exact) mass is 644 g/mol. The molecule has 0 spiro atoms. The van der Waals surface area contributed by atoms with Crippen molar-refractivity contribution in [2.45, 2.75) is 46.2 Å². The number of methoxy groups -OCH3 is 1. The lowest BCUT2D eigenvalue weighted by Crippen LogP contribution is -2.38. The van der Waals surface area contributed by atoms with Crippen LogP contribution in [0, 0.1) is 35.8 Å². The van der Waals surface area contributed by atoms with Gasteiger partial charge in [0, 0.05) is 42.4 Å². The lowest BCUT2D eigenvalue weighted by Gasteiger charge is -2.37. The Bertz CT molecular complexity index is 1750. The van der Waals surface area contributed by atoms with Crippen LogP contribution in [0.1, 0.15) is 55.0 Å². The van der Waals surface area contributed by atoms with Crippen molar-refractivity contribution < 1.29 is 9.66 Å². The summed E-state index contributed by atoms with van der Waals surface area (Å²) in [6.07, 6.45) is 3.01. The highest BCUT2D eigenvalue weighted by molar-refractivity contribution is 7.80. The number of halogens is 1. The minimum absolute atomic E-state index is 0.0289. The third-order valence-corrected chi connectivity index (χ3v) is 9.54. The third kappa shape index (κ3) is 5.73. The fraction of sp³-hybridized carbons (Fsp3) is 0.353. The van der Waals surface area contributed by atoms with E-state index in [4.69, 9.17) is 33.5 Å². The molecule has 11 heteroatoms. The van der Waals surface area contributed by atoms with Crippen LogP contribution in [0.25, 0.3) is 5.69 Å². The molecular formula is C34H37ClN6O3S. The Morgan fingerprint density at radius 2 is 1.78 bits per heavy atom. The van der Waals surface area contributed by atoms with Crippen LogP contribution in [0.15, 0.2) is 66.9 Å². The first kappa shape index (κ1) is 30.9. The Labute approximate surface area is 273 Å². The Balaban J connectivity index is 1.45. The molecule has 2 fully saturated rings. The van der Waals surface area contributed by atoms with E-state index >= 15 is 0 Å². The van der Waals surface area contributed by atoms with Gasteiger partial charge < -0.3 is 24.4 Å². The zero-order chi connectivity index (χ0) is 32.0. The van der Waals surface area contributed by atoms with Gasteiger partial charge in [-0.2, -0.15) is 0 Å². The van der Waals surface area contributed by atoms with Gasteiger partial charge in [-0.15, -0.1) is 0 Å². The molecule has 2 aromatic heterocycles. The van der Waals surface area contributed by atoms with E-state index in [1.807, 2.05) is 38.1 Å².